The Hall–Kier alpha value is -3.28. The Morgan fingerprint density at radius 1 is 1.07 bits per heavy atom. The molecule has 0 unspecified atom stereocenters. The number of aromatic nitrogens is 2. The molecule has 1 aliphatic rings. The minimum absolute atomic E-state index is 0.0737. The van der Waals surface area contributed by atoms with Crippen molar-refractivity contribution >= 4 is 17.4 Å². The quantitative estimate of drug-likeness (QED) is 0.696. The average Bonchev–Trinajstić information content (AvgIpc) is 3.24. The first-order valence-corrected chi connectivity index (χ1v) is 10.1. The zero-order valence-electron chi connectivity index (χ0n) is 16.9. The van der Waals surface area contributed by atoms with E-state index in [2.05, 4.69) is 40.1 Å². The molecule has 4 rings (SSSR count). The molecular weight excluding hydrogens is 362 g/mol. The number of pyridine rings is 1. The number of hydrogen-bond donors (Lipinski definition) is 2. The predicted molar refractivity (Wildman–Crippen MR) is 117 cm³/mol. The summed E-state index contributed by atoms with van der Waals surface area (Å²) in [5.74, 6) is 1.03. The van der Waals surface area contributed by atoms with Gasteiger partial charge in [0.15, 0.2) is 5.82 Å². The molecule has 0 aliphatic carbocycles. The summed E-state index contributed by atoms with van der Waals surface area (Å²) < 4.78 is 0. The first-order chi connectivity index (χ1) is 14.1. The Morgan fingerprint density at radius 3 is 2.55 bits per heavy atom. The van der Waals surface area contributed by atoms with Crippen LogP contribution in [0.3, 0.4) is 0 Å². The fourth-order valence-corrected chi connectivity index (χ4v) is 3.68. The van der Waals surface area contributed by atoms with Crippen LogP contribution in [0.4, 0.5) is 11.5 Å². The number of piperazine rings is 1. The van der Waals surface area contributed by atoms with Crippen LogP contribution in [0.5, 0.6) is 0 Å². The maximum atomic E-state index is 13.0. The molecule has 1 saturated heterocycles. The van der Waals surface area contributed by atoms with E-state index in [0.717, 1.165) is 35.9 Å². The molecule has 150 valence electrons. The normalized spacial score (nSPS) is 14.3. The molecule has 3 heterocycles. The van der Waals surface area contributed by atoms with Gasteiger partial charge in [0.2, 0.25) is 0 Å². The van der Waals surface area contributed by atoms with Gasteiger partial charge in [0.25, 0.3) is 5.91 Å². The summed E-state index contributed by atoms with van der Waals surface area (Å²) in [6.07, 6.45) is 3.63. The largest absolute Gasteiger partial charge is 0.380 e. The second-order valence-corrected chi connectivity index (χ2v) is 7.62. The molecule has 3 aromatic rings. The van der Waals surface area contributed by atoms with Gasteiger partial charge in [0.1, 0.15) is 0 Å². The van der Waals surface area contributed by atoms with Crippen molar-refractivity contribution in [2.75, 3.05) is 36.4 Å². The Morgan fingerprint density at radius 2 is 1.83 bits per heavy atom. The molecule has 0 saturated carbocycles. The van der Waals surface area contributed by atoms with E-state index >= 15 is 0 Å². The lowest BCUT2D eigenvalue weighted by atomic mass is 10.1. The van der Waals surface area contributed by atoms with Gasteiger partial charge in [-0.15, -0.1) is 0 Å². The van der Waals surface area contributed by atoms with Crippen molar-refractivity contribution in [2.45, 2.75) is 19.9 Å². The summed E-state index contributed by atoms with van der Waals surface area (Å²) in [5, 5.41) is 3.46. The zero-order chi connectivity index (χ0) is 20.2. The van der Waals surface area contributed by atoms with Crippen molar-refractivity contribution in [3.8, 4) is 11.3 Å². The molecule has 0 bridgehead atoms. The van der Waals surface area contributed by atoms with Gasteiger partial charge >= 0.3 is 0 Å². The number of nitrogens with one attached hydrogen (secondary N) is 2. The van der Waals surface area contributed by atoms with Crippen LogP contribution in [0.2, 0.25) is 0 Å². The molecule has 1 amide bonds. The van der Waals surface area contributed by atoms with Crippen LogP contribution >= 0.6 is 0 Å². The number of carbonyl (C=O) groups is 1. The van der Waals surface area contributed by atoms with Crippen LogP contribution < -0.4 is 10.2 Å². The summed E-state index contributed by atoms with van der Waals surface area (Å²) in [5.41, 5.74) is 3.79. The van der Waals surface area contributed by atoms with Crippen LogP contribution in [-0.4, -0.2) is 53.0 Å². The molecule has 29 heavy (non-hydrogen) atoms. The number of amides is 1. The second kappa shape index (κ2) is 8.39. The van der Waals surface area contributed by atoms with Gasteiger partial charge < -0.3 is 20.1 Å². The summed E-state index contributed by atoms with van der Waals surface area (Å²) in [6, 6.07) is 16.3. The molecule has 1 aliphatic heterocycles. The van der Waals surface area contributed by atoms with E-state index in [1.807, 2.05) is 53.6 Å². The van der Waals surface area contributed by atoms with Crippen molar-refractivity contribution in [3.05, 3.63) is 66.5 Å². The second-order valence-electron chi connectivity index (χ2n) is 7.62. The van der Waals surface area contributed by atoms with E-state index < -0.39 is 0 Å². The molecular formula is C23H27N5O. The zero-order valence-corrected chi connectivity index (χ0v) is 16.9. The van der Waals surface area contributed by atoms with Crippen LogP contribution in [0, 0.1) is 0 Å². The highest BCUT2D eigenvalue weighted by Gasteiger charge is 2.25. The molecule has 2 aromatic heterocycles. The third-order valence-corrected chi connectivity index (χ3v) is 5.11. The molecule has 2 N–H and O–H groups in total. The van der Waals surface area contributed by atoms with Crippen LogP contribution in [0.1, 0.15) is 24.2 Å². The summed E-state index contributed by atoms with van der Waals surface area (Å²) >= 11 is 0. The fourth-order valence-electron chi connectivity index (χ4n) is 3.68. The molecule has 0 spiro atoms. The van der Waals surface area contributed by atoms with Gasteiger partial charge in [-0.2, -0.15) is 0 Å². The Labute approximate surface area is 171 Å². The Balaban J connectivity index is 1.41. The molecule has 6 heteroatoms. The molecule has 6 nitrogen and oxygen atoms in total. The third kappa shape index (κ3) is 4.26. The molecule has 0 radical (unpaired) electrons. The lowest BCUT2D eigenvalue weighted by molar-refractivity contribution is 0.0747. The average molecular weight is 390 g/mol. The fraction of sp³-hybridized carbons (Fsp3) is 0.304. The lowest BCUT2D eigenvalue weighted by Gasteiger charge is -2.36. The van der Waals surface area contributed by atoms with Gasteiger partial charge in [0.05, 0.1) is 11.3 Å². The number of hydrogen-bond acceptors (Lipinski definition) is 4. The Bertz CT molecular complexity index is 958. The third-order valence-electron chi connectivity index (χ3n) is 5.11. The Kier molecular flexibility index (Phi) is 5.51. The van der Waals surface area contributed by atoms with E-state index in [1.54, 1.807) is 6.20 Å². The first-order valence-electron chi connectivity index (χ1n) is 10.1. The van der Waals surface area contributed by atoms with Crippen molar-refractivity contribution in [1.29, 1.82) is 0 Å². The summed E-state index contributed by atoms with van der Waals surface area (Å²) in [4.78, 5) is 24.9. The van der Waals surface area contributed by atoms with E-state index in [0.29, 0.717) is 24.7 Å². The maximum absolute atomic E-state index is 13.0. The topological polar surface area (TPSA) is 64.3 Å². The van der Waals surface area contributed by atoms with E-state index in [1.165, 1.54) is 0 Å². The van der Waals surface area contributed by atoms with E-state index in [4.69, 9.17) is 0 Å². The standard InChI is InChI=1S/C23H27N5O/c1-17(2)26-20-9-6-10-24-22(20)27-11-13-28(14-12-27)23(29)19-15-21(25-16-19)18-7-4-3-5-8-18/h3-10,15-17,25-26H,11-14H2,1-2H3. The number of carbonyl (C=O) groups excluding carboxylic acids is 1. The molecule has 1 fully saturated rings. The van der Waals surface area contributed by atoms with Gasteiger partial charge in [-0.05, 0) is 37.6 Å². The van der Waals surface area contributed by atoms with E-state index in [-0.39, 0.29) is 5.91 Å². The van der Waals surface area contributed by atoms with Crippen LogP contribution in [0.15, 0.2) is 60.9 Å². The van der Waals surface area contributed by atoms with Crippen LogP contribution in [0.25, 0.3) is 11.3 Å². The smallest absolute Gasteiger partial charge is 0.255 e. The highest BCUT2D eigenvalue weighted by Crippen LogP contribution is 2.25. The highest BCUT2D eigenvalue weighted by atomic mass is 16.2. The summed E-state index contributed by atoms with van der Waals surface area (Å²) in [7, 11) is 0. The number of H-pyrrole nitrogens is 1. The highest BCUT2D eigenvalue weighted by molar-refractivity contribution is 5.95. The van der Waals surface area contributed by atoms with Crippen molar-refractivity contribution < 1.29 is 4.79 Å². The van der Waals surface area contributed by atoms with Crippen molar-refractivity contribution in [2.24, 2.45) is 0 Å². The number of anilines is 2. The minimum atomic E-state index is 0.0737. The maximum Gasteiger partial charge on any atom is 0.255 e. The minimum Gasteiger partial charge on any atom is -0.380 e. The van der Waals surface area contributed by atoms with E-state index in [9.17, 15) is 4.79 Å². The van der Waals surface area contributed by atoms with Gasteiger partial charge in [0, 0.05) is 50.3 Å². The van der Waals surface area contributed by atoms with Crippen molar-refractivity contribution in [3.63, 3.8) is 0 Å². The lowest BCUT2D eigenvalue weighted by Crippen LogP contribution is -2.49. The summed E-state index contributed by atoms with van der Waals surface area (Å²) in [6.45, 7) is 7.14. The number of aromatic amines is 1. The van der Waals surface area contributed by atoms with Gasteiger partial charge in [-0.1, -0.05) is 30.3 Å². The number of rotatable bonds is 5. The number of benzene rings is 1. The molecule has 0 atom stereocenters. The first kappa shape index (κ1) is 19.1. The predicted octanol–water partition coefficient (Wildman–Crippen LogP) is 3.86. The van der Waals surface area contributed by atoms with Crippen LogP contribution in [-0.2, 0) is 0 Å². The van der Waals surface area contributed by atoms with Crippen molar-refractivity contribution in [1.82, 2.24) is 14.9 Å². The number of nitrogens with zero attached hydrogens (tertiary/aromatic N) is 3. The monoisotopic (exact) mass is 389 g/mol. The van der Waals surface area contributed by atoms with Gasteiger partial charge in [-0.25, -0.2) is 4.98 Å². The molecule has 1 aromatic carbocycles. The van der Waals surface area contributed by atoms with Gasteiger partial charge in [-0.3, -0.25) is 4.79 Å². The SMILES string of the molecule is CC(C)Nc1cccnc1N1CCN(C(=O)c2c[nH]c(-c3ccccc3)c2)CC1.